The molecule has 1 aliphatic rings. The summed E-state index contributed by atoms with van der Waals surface area (Å²) in [5.41, 5.74) is 3.12. The van der Waals surface area contributed by atoms with Crippen molar-refractivity contribution >= 4 is 28.8 Å². The first kappa shape index (κ1) is 18.1. The zero-order valence-corrected chi connectivity index (χ0v) is 16.3. The Morgan fingerprint density at radius 3 is 2.63 bits per heavy atom. The second-order valence-electron chi connectivity index (χ2n) is 6.79. The molecule has 138 valence electrons. The van der Waals surface area contributed by atoms with Crippen LogP contribution < -0.4 is 5.32 Å². The molecule has 1 aromatic carbocycles. The van der Waals surface area contributed by atoms with Gasteiger partial charge in [0.1, 0.15) is 5.01 Å². The van der Waals surface area contributed by atoms with Crippen molar-refractivity contribution in [1.82, 2.24) is 15.3 Å². The van der Waals surface area contributed by atoms with E-state index in [1.54, 1.807) is 23.7 Å². The summed E-state index contributed by atoms with van der Waals surface area (Å²) in [7, 11) is 0. The lowest BCUT2D eigenvalue weighted by Crippen LogP contribution is -2.32. The monoisotopic (exact) mass is 397 g/mol. The van der Waals surface area contributed by atoms with Gasteiger partial charge in [-0.3, -0.25) is 9.78 Å². The summed E-state index contributed by atoms with van der Waals surface area (Å²) in [4.78, 5) is 21.5. The molecule has 1 saturated carbocycles. The maximum atomic E-state index is 12.8. The summed E-state index contributed by atoms with van der Waals surface area (Å²) < 4.78 is 0. The molecule has 1 fully saturated rings. The van der Waals surface area contributed by atoms with Crippen LogP contribution in [0, 0.1) is 5.92 Å². The standard InChI is InChI=1S/C21H20ClN3OS/c22-17-5-3-15(4-6-17)19(14-1-2-14)20(26)24-12-9-18-13-27-21(25-18)16-7-10-23-11-8-16/h3-8,10-11,13-14,19H,1-2,9,12H2,(H,24,26). The van der Waals surface area contributed by atoms with Gasteiger partial charge in [0, 0.05) is 41.3 Å². The molecule has 3 aromatic rings. The molecule has 1 unspecified atom stereocenters. The Hall–Kier alpha value is -2.24. The molecule has 1 amide bonds. The highest BCUT2D eigenvalue weighted by atomic mass is 35.5. The zero-order valence-electron chi connectivity index (χ0n) is 14.8. The van der Waals surface area contributed by atoms with Crippen LogP contribution >= 0.6 is 22.9 Å². The van der Waals surface area contributed by atoms with Gasteiger partial charge in [0.25, 0.3) is 0 Å². The van der Waals surface area contributed by atoms with Crippen LogP contribution in [0.25, 0.3) is 10.6 Å². The number of rotatable bonds is 7. The SMILES string of the molecule is O=C(NCCc1csc(-c2ccncc2)n1)C(c1ccc(Cl)cc1)C1CC1. The third-order valence-corrected chi connectivity index (χ3v) is 5.96. The van der Waals surface area contributed by atoms with Gasteiger partial charge in [0.2, 0.25) is 5.91 Å². The Labute approximate surface area is 167 Å². The van der Waals surface area contributed by atoms with Crippen LogP contribution in [0.2, 0.25) is 5.02 Å². The normalized spacial score (nSPS) is 14.7. The third kappa shape index (κ3) is 4.54. The first-order chi connectivity index (χ1) is 13.2. The van der Waals surface area contributed by atoms with Gasteiger partial charge in [-0.1, -0.05) is 23.7 Å². The molecule has 1 aliphatic carbocycles. The van der Waals surface area contributed by atoms with Gasteiger partial charge in [-0.2, -0.15) is 0 Å². The predicted molar refractivity (Wildman–Crippen MR) is 109 cm³/mol. The number of carbonyl (C=O) groups is 1. The number of pyridine rings is 1. The summed E-state index contributed by atoms with van der Waals surface area (Å²) in [6, 6.07) is 11.6. The van der Waals surface area contributed by atoms with Crippen LogP contribution in [0.15, 0.2) is 54.2 Å². The molecule has 0 radical (unpaired) electrons. The summed E-state index contributed by atoms with van der Waals surface area (Å²) in [6.07, 6.45) is 6.49. The van der Waals surface area contributed by atoms with E-state index >= 15 is 0 Å². The second-order valence-corrected chi connectivity index (χ2v) is 8.08. The van der Waals surface area contributed by atoms with Gasteiger partial charge < -0.3 is 5.32 Å². The zero-order chi connectivity index (χ0) is 18.6. The fraction of sp³-hybridized carbons (Fsp3) is 0.286. The Morgan fingerprint density at radius 2 is 1.93 bits per heavy atom. The van der Waals surface area contributed by atoms with E-state index < -0.39 is 0 Å². The van der Waals surface area contributed by atoms with Crippen molar-refractivity contribution in [2.45, 2.75) is 25.2 Å². The number of nitrogens with one attached hydrogen (secondary N) is 1. The molecule has 1 N–H and O–H groups in total. The van der Waals surface area contributed by atoms with Gasteiger partial charge in [-0.25, -0.2) is 4.98 Å². The van der Waals surface area contributed by atoms with Crippen LogP contribution in [-0.2, 0) is 11.2 Å². The van der Waals surface area contributed by atoms with Gasteiger partial charge in [0.15, 0.2) is 0 Å². The number of benzene rings is 1. The van der Waals surface area contributed by atoms with E-state index in [9.17, 15) is 4.79 Å². The summed E-state index contributed by atoms with van der Waals surface area (Å²) in [6.45, 7) is 0.592. The van der Waals surface area contributed by atoms with Crippen LogP contribution in [0.1, 0.15) is 30.0 Å². The van der Waals surface area contributed by atoms with Crippen molar-refractivity contribution in [3.63, 3.8) is 0 Å². The largest absolute Gasteiger partial charge is 0.355 e. The first-order valence-corrected chi connectivity index (χ1v) is 10.3. The number of hydrogen-bond donors (Lipinski definition) is 1. The molecule has 1 atom stereocenters. The number of carbonyl (C=O) groups excluding carboxylic acids is 1. The molecule has 0 bridgehead atoms. The molecule has 0 saturated heterocycles. The van der Waals surface area contributed by atoms with Crippen LogP contribution in [0.4, 0.5) is 0 Å². The fourth-order valence-electron chi connectivity index (χ4n) is 3.21. The van der Waals surface area contributed by atoms with E-state index in [1.807, 2.05) is 36.4 Å². The second kappa shape index (κ2) is 8.19. The lowest BCUT2D eigenvalue weighted by molar-refractivity contribution is -0.123. The number of nitrogens with zero attached hydrogens (tertiary/aromatic N) is 2. The predicted octanol–water partition coefficient (Wildman–Crippen LogP) is 4.71. The minimum absolute atomic E-state index is 0.0786. The van der Waals surface area contributed by atoms with Crippen LogP contribution in [-0.4, -0.2) is 22.4 Å². The maximum Gasteiger partial charge on any atom is 0.227 e. The number of amides is 1. The van der Waals surface area contributed by atoms with Crippen molar-refractivity contribution in [3.8, 4) is 10.6 Å². The summed E-state index contributed by atoms with van der Waals surface area (Å²) >= 11 is 7.60. The Balaban J connectivity index is 1.35. The van der Waals surface area contributed by atoms with E-state index in [0.717, 1.165) is 41.1 Å². The average molecular weight is 398 g/mol. The average Bonchev–Trinajstić information content (AvgIpc) is 3.41. The Morgan fingerprint density at radius 1 is 1.19 bits per heavy atom. The van der Waals surface area contributed by atoms with E-state index in [2.05, 4.69) is 20.7 Å². The van der Waals surface area contributed by atoms with Crippen molar-refractivity contribution in [2.75, 3.05) is 6.54 Å². The van der Waals surface area contributed by atoms with Crippen molar-refractivity contribution in [2.24, 2.45) is 5.92 Å². The minimum Gasteiger partial charge on any atom is -0.355 e. The van der Waals surface area contributed by atoms with Gasteiger partial charge in [-0.15, -0.1) is 11.3 Å². The quantitative estimate of drug-likeness (QED) is 0.628. The van der Waals surface area contributed by atoms with Crippen LogP contribution in [0.3, 0.4) is 0 Å². The number of thiazole rings is 1. The van der Waals surface area contributed by atoms with Crippen LogP contribution in [0.5, 0.6) is 0 Å². The van der Waals surface area contributed by atoms with Crippen molar-refractivity contribution in [3.05, 3.63) is 70.5 Å². The maximum absolute atomic E-state index is 12.8. The third-order valence-electron chi connectivity index (χ3n) is 4.76. The molecule has 4 nitrogen and oxygen atoms in total. The number of aromatic nitrogens is 2. The molecular formula is C21H20ClN3OS. The van der Waals surface area contributed by atoms with E-state index in [0.29, 0.717) is 17.5 Å². The molecule has 4 rings (SSSR count). The van der Waals surface area contributed by atoms with Crippen molar-refractivity contribution in [1.29, 1.82) is 0 Å². The molecule has 2 aromatic heterocycles. The van der Waals surface area contributed by atoms with Gasteiger partial charge in [-0.05, 0) is 48.6 Å². The highest BCUT2D eigenvalue weighted by Gasteiger charge is 2.37. The molecule has 6 heteroatoms. The fourth-order valence-corrected chi connectivity index (χ4v) is 4.20. The minimum atomic E-state index is -0.0786. The topological polar surface area (TPSA) is 54.9 Å². The van der Waals surface area contributed by atoms with Gasteiger partial charge >= 0.3 is 0 Å². The molecular weight excluding hydrogens is 378 g/mol. The van der Waals surface area contributed by atoms with E-state index in [-0.39, 0.29) is 11.8 Å². The lowest BCUT2D eigenvalue weighted by atomic mass is 9.93. The molecule has 0 spiro atoms. The molecule has 27 heavy (non-hydrogen) atoms. The number of halogens is 1. The first-order valence-electron chi connectivity index (χ1n) is 9.08. The molecule has 0 aliphatic heterocycles. The highest BCUT2D eigenvalue weighted by molar-refractivity contribution is 7.13. The van der Waals surface area contributed by atoms with Gasteiger partial charge in [0.05, 0.1) is 11.6 Å². The Bertz CT molecular complexity index is 907. The summed E-state index contributed by atoms with van der Waals surface area (Å²) in [5.74, 6) is 0.471. The Kier molecular flexibility index (Phi) is 5.50. The van der Waals surface area contributed by atoms with E-state index in [1.165, 1.54) is 0 Å². The smallest absolute Gasteiger partial charge is 0.227 e. The highest BCUT2D eigenvalue weighted by Crippen LogP contribution is 2.42. The lowest BCUT2D eigenvalue weighted by Gasteiger charge is -2.16. The van der Waals surface area contributed by atoms with Crippen molar-refractivity contribution < 1.29 is 4.79 Å². The summed E-state index contributed by atoms with van der Waals surface area (Å²) in [5, 5.41) is 6.83. The van der Waals surface area contributed by atoms with E-state index in [4.69, 9.17) is 11.6 Å². The molecule has 2 heterocycles. The number of hydrogen-bond acceptors (Lipinski definition) is 4.